The second-order valence-corrected chi connectivity index (χ2v) is 10.2. The van der Waals surface area contributed by atoms with Crippen LogP contribution in [0, 0.1) is 6.92 Å². The van der Waals surface area contributed by atoms with E-state index in [-0.39, 0.29) is 12.0 Å². The topological polar surface area (TPSA) is 98.6 Å². The van der Waals surface area contributed by atoms with Crippen molar-refractivity contribution >= 4 is 40.8 Å². The average molecular weight is 450 g/mol. The number of rotatable bonds is 5. The molecule has 0 aliphatic carbocycles. The first-order valence-corrected chi connectivity index (χ1v) is 11.9. The fraction of sp³-hybridized carbons (Fsp3) is 0.632. The molecule has 11 heteroatoms. The third kappa shape index (κ3) is 4.68. The Kier molecular flexibility index (Phi) is 6.40. The van der Waals surface area contributed by atoms with Gasteiger partial charge in [0, 0.05) is 45.7 Å². The molecule has 0 saturated carbocycles. The van der Waals surface area contributed by atoms with Gasteiger partial charge in [0.2, 0.25) is 11.9 Å². The average Bonchev–Trinajstić information content (AvgIpc) is 3.16. The molecule has 2 aromatic heterocycles. The van der Waals surface area contributed by atoms with Crippen molar-refractivity contribution in [1.82, 2.24) is 25.1 Å². The monoisotopic (exact) mass is 449 g/mol. The van der Waals surface area contributed by atoms with Crippen LogP contribution in [0.1, 0.15) is 29.1 Å². The van der Waals surface area contributed by atoms with Crippen LogP contribution < -0.4 is 9.80 Å². The van der Waals surface area contributed by atoms with Crippen molar-refractivity contribution in [3.05, 3.63) is 16.3 Å². The van der Waals surface area contributed by atoms with Crippen molar-refractivity contribution in [2.45, 2.75) is 43.2 Å². The summed E-state index contributed by atoms with van der Waals surface area (Å²) in [6.45, 7) is 4.61. The van der Waals surface area contributed by atoms with Gasteiger partial charge in [-0.3, -0.25) is 4.79 Å². The molecule has 4 heterocycles. The van der Waals surface area contributed by atoms with Crippen molar-refractivity contribution in [3.8, 4) is 0 Å². The largest absolute Gasteiger partial charge is 0.393 e. The van der Waals surface area contributed by atoms with Gasteiger partial charge in [0.25, 0.3) is 0 Å². The molecular weight excluding hydrogens is 422 g/mol. The molecule has 1 N–H and O–H groups in total. The number of fused-ring (bicyclic) bond motifs is 1. The summed E-state index contributed by atoms with van der Waals surface area (Å²) in [4.78, 5) is 28.5. The van der Waals surface area contributed by atoms with E-state index in [9.17, 15) is 9.90 Å². The summed E-state index contributed by atoms with van der Waals surface area (Å²) in [7, 11) is 3.88. The molecule has 162 valence electrons. The Bertz CT molecular complexity index is 912. The van der Waals surface area contributed by atoms with Crippen LogP contribution >= 0.6 is 23.1 Å². The first-order valence-electron chi connectivity index (χ1n) is 10.1. The Labute approximate surface area is 184 Å². The number of thioether (sulfide) groups is 1. The summed E-state index contributed by atoms with van der Waals surface area (Å²) in [6, 6.07) is 0. The molecule has 0 atom stereocenters. The number of carbonyl (C=O) groups excluding carboxylic acids is 1. The lowest BCUT2D eigenvalue weighted by atomic mass is 10.0. The lowest BCUT2D eigenvalue weighted by Crippen LogP contribution is -2.41. The maximum atomic E-state index is 12.9. The molecule has 9 nitrogen and oxygen atoms in total. The minimum Gasteiger partial charge on any atom is -0.393 e. The van der Waals surface area contributed by atoms with Crippen molar-refractivity contribution < 1.29 is 9.90 Å². The van der Waals surface area contributed by atoms with Gasteiger partial charge in [-0.05, 0) is 19.8 Å². The van der Waals surface area contributed by atoms with Gasteiger partial charge < -0.3 is 19.8 Å². The zero-order chi connectivity index (χ0) is 21.3. The van der Waals surface area contributed by atoms with Gasteiger partial charge in [-0.1, -0.05) is 23.1 Å². The molecule has 0 aromatic carbocycles. The number of carbonyl (C=O) groups is 1. The van der Waals surface area contributed by atoms with E-state index >= 15 is 0 Å². The lowest BCUT2D eigenvalue weighted by Gasteiger charge is -2.36. The quantitative estimate of drug-likeness (QED) is 0.678. The van der Waals surface area contributed by atoms with Crippen LogP contribution in [-0.4, -0.2) is 81.7 Å². The van der Waals surface area contributed by atoms with Crippen molar-refractivity contribution in [2.75, 3.05) is 49.3 Å². The Balaban J connectivity index is 1.52. The SMILES string of the molecule is Cc1nnc(SCC(=O)N2CCc3nc(N(C)C)nc(N4CCC(O)CC4)c3C2)s1. The van der Waals surface area contributed by atoms with E-state index in [1.807, 2.05) is 30.8 Å². The van der Waals surface area contributed by atoms with Crippen LogP contribution in [0.2, 0.25) is 0 Å². The van der Waals surface area contributed by atoms with Crippen molar-refractivity contribution in [1.29, 1.82) is 0 Å². The van der Waals surface area contributed by atoms with E-state index in [0.29, 0.717) is 24.8 Å². The summed E-state index contributed by atoms with van der Waals surface area (Å²) < 4.78 is 0.824. The van der Waals surface area contributed by atoms with Crippen LogP contribution in [0.3, 0.4) is 0 Å². The molecule has 0 spiro atoms. The van der Waals surface area contributed by atoms with E-state index in [4.69, 9.17) is 9.97 Å². The number of aliphatic hydroxyl groups excluding tert-OH is 1. The highest BCUT2D eigenvalue weighted by Crippen LogP contribution is 2.31. The van der Waals surface area contributed by atoms with E-state index in [0.717, 1.165) is 58.8 Å². The molecule has 2 aromatic rings. The predicted octanol–water partition coefficient (Wildman–Crippen LogP) is 1.34. The molecule has 1 fully saturated rings. The van der Waals surface area contributed by atoms with Crippen LogP contribution in [0.5, 0.6) is 0 Å². The standard InChI is InChI=1S/C19H27N7O2S2/c1-12-22-23-19(30-12)29-11-16(28)26-9-6-15-14(10-26)17(21-18(20-15)24(2)3)25-7-4-13(27)5-8-25/h13,27H,4-11H2,1-3H3. The molecule has 0 unspecified atom stereocenters. The highest BCUT2D eigenvalue weighted by molar-refractivity contribution is 8.01. The molecule has 1 saturated heterocycles. The number of aliphatic hydroxyl groups is 1. The van der Waals surface area contributed by atoms with Gasteiger partial charge in [-0.15, -0.1) is 10.2 Å². The predicted molar refractivity (Wildman–Crippen MR) is 118 cm³/mol. The molecule has 0 radical (unpaired) electrons. The van der Waals surface area contributed by atoms with E-state index in [2.05, 4.69) is 15.1 Å². The van der Waals surface area contributed by atoms with Crippen LogP contribution in [0.15, 0.2) is 4.34 Å². The molecule has 2 aliphatic heterocycles. The Morgan fingerprint density at radius 2 is 2.00 bits per heavy atom. The van der Waals surface area contributed by atoms with Crippen LogP contribution in [0.25, 0.3) is 0 Å². The molecule has 4 rings (SSSR count). The normalized spacial score (nSPS) is 17.2. The number of hydrogen-bond acceptors (Lipinski definition) is 10. The molecular formula is C19H27N7O2S2. The second kappa shape index (κ2) is 9.03. The molecule has 30 heavy (non-hydrogen) atoms. The molecule has 1 amide bonds. The highest BCUT2D eigenvalue weighted by Gasteiger charge is 2.29. The fourth-order valence-electron chi connectivity index (χ4n) is 3.69. The zero-order valence-electron chi connectivity index (χ0n) is 17.5. The Morgan fingerprint density at radius 3 is 2.67 bits per heavy atom. The summed E-state index contributed by atoms with van der Waals surface area (Å²) in [5, 5.41) is 18.9. The number of aryl methyl sites for hydroxylation is 1. The van der Waals surface area contributed by atoms with E-state index < -0.39 is 0 Å². The third-order valence-corrected chi connectivity index (χ3v) is 7.33. The van der Waals surface area contributed by atoms with Gasteiger partial charge in [0.05, 0.1) is 24.1 Å². The number of anilines is 2. The highest BCUT2D eigenvalue weighted by atomic mass is 32.2. The number of hydrogen-bond donors (Lipinski definition) is 1. The first kappa shape index (κ1) is 21.3. The van der Waals surface area contributed by atoms with Gasteiger partial charge >= 0.3 is 0 Å². The van der Waals surface area contributed by atoms with E-state index in [1.54, 1.807) is 0 Å². The maximum absolute atomic E-state index is 12.9. The third-order valence-electron chi connectivity index (χ3n) is 5.37. The summed E-state index contributed by atoms with van der Waals surface area (Å²) in [6.07, 6.45) is 1.94. The summed E-state index contributed by atoms with van der Waals surface area (Å²) in [5.41, 5.74) is 2.06. The molecule has 0 bridgehead atoms. The maximum Gasteiger partial charge on any atom is 0.233 e. The summed E-state index contributed by atoms with van der Waals surface area (Å²) >= 11 is 2.95. The summed E-state index contributed by atoms with van der Waals surface area (Å²) in [5.74, 6) is 2.04. The Morgan fingerprint density at radius 1 is 1.23 bits per heavy atom. The first-order chi connectivity index (χ1) is 14.4. The van der Waals surface area contributed by atoms with Gasteiger partial charge in [-0.2, -0.15) is 4.98 Å². The number of aromatic nitrogens is 4. The Hall–Kier alpha value is -1.98. The fourth-order valence-corrected chi connectivity index (χ4v) is 5.41. The van der Waals surface area contributed by atoms with Gasteiger partial charge in [0.15, 0.2) is 4.34 Å². The van der Waals surface area contributed by atoms with Crippen molar-refractivity contribution in [2.24, 2.45) is 0 Å². The second-order valence-electron chi connectivity index (χ2n) is 7.83. The lowest BCUT2D eigenvalue weighted by molar-refractivity contribution is -0.129. The van der Waals surface area contributed by atoms with Gasteiger partial charge in [0.1, 0.15) is 10.8 Å². The smallest absolute Gasteiger partial charge is 0.233 e. The molecule has 2 aliphatic rings. The van der Waals surface area contributed by atoms with Crippen molar-refractivity contribution in [3.63, 3.8) is 0 Å². The van der Waals surface area contributed by atoms with Gasteiger partial charge in [-0.25, -0.2) is 4.98 Å². The number of amides is 1. The van der Waals surface area contributed by atoms with Crippen LogP contribution in [-0.2, 0) is 17.8 Å². The zero-order valence-corrected chi connectivity index (χ0v) is 19.2. The minimum absolute atomic E-state index is 0.0928. The number of nitrogens with zero attached hydrogens (tertiary/aromatic N) is 7. The van der Waals surface area contributed by atoms with Crippen LogP contribution in [0.4, 0.5) is 11.8 Å². The number of piperidine rings is 1. The minimum atomic E-state index is -0.244. The van der Waals surface area contributed by atoms with E-state index in [1.165, 1.54) is 23.1 Å².